The van der Waals surface area contributed by atoms with Crippen molar-refractivity contribution in [1.82, 2.24) is 10.6 Å². The summed E-state index contributed by atoms with van der Waals surface area (Å²) in [4.78, 5) is 21.1. The zero-order valence-corrected chi connectivity index (χ0v) is 12.2. The van der Waals surface area contributed by atoms with Gasteiger partial charge in [-0.05, 0) is 59.5 Å². The minimum absolute atomic E-state index is 0.284. The molecule has 2 fully saturated rings. The average molecular weight is 270 g/mol. The third-order valence-electron chi connectivity index (χ3n) is 3.04. The minimum Gasteiger partial charge on any atom is -0.462 e. The number of amides is 1. The lowest BCUT2D eigenvalue weighted by molar-refractivity contribution is -0.138. The lowest BCUT2D eigenvalue weighted by Gasteiger charge is -2.21. The van der Waals surface area contributed by atoms with E-state index in [0.29, 0.717) is 18.4 Å². The Balaban J connectivity index is 0.000000224. The largest absolute Gasteiger partial charge is 0.462 e. The Hall–Kier alpha value is -1.10. The Labute approximate surface area is 115 Å². The van der Waals surface area contributed by atoms with Crippen LogP contribution in [0.1, 0.15) is 46.5 Å². The summed E-state index contributed by atoms with van der Waals surface area (Å²) in [7, 11) is 0. The molecule has 19 heavy (non-hydrogen) atoms. The third kappa shape index (κ3) is 7.82. The molecule has 2 N–H and O–H groups in total. The standard InChI is InChI=1S/C9H16N2O.C5H10O2/c12-9(11-8-1-2-8)7-3-5-10-6-4-7;1-5(2,3)7-4-6/h7-8,10H,1-6H2,(H,11,12);4H,1-3H3. The first-order valence-electron chi connectivity index (χ1n) is 7.05. The summed E-state index contributed by atoms with van der Waals surface area (Å²) in [6.07, 6.45) is 4.41. The Morgan fingerprint density at radius 1 is 1.21 bits per heavy atom. The molecule has 1 saturated heterocycles. The molecule has 0 aromatic carbocycles. The topological polar surface area (TPSA) is 67.4 Å². The molecule has 0 spiro atoms. The zero-order valence-electron chi connectivity index (χ0n) is 12.2. The van der Waals surface area contributed by atoms with Gasteiger partial charge in [0.1, 0.15) is 5.60 Å². The second-order valence-corrected chi connectivity index (χ2v) is 6.13. The number of hydrogen-bond donors (Lipinski definition) is 2. The van der Waals surface area contributed by atoms with Gasteiger partial charge in [0.25, 0.3) is 6.47 Å². The quantitative estimate of drug-likeness (QED) is 0.757. The molecule has 1 aliphatic carbocycles. The predicted octanol–water partition coefficient (Wildman–Crippen LogP) is 1.22. The van der Waals surface area contributed by atoms with Crippen LogP contribution in [0.4, 0.5) is 0 Å². The predicted molar refractivity (Wildman–Crippen MR) is 73.7 cm³/mol. The van der Waals surface area contributed by atoms with Crippen molar-refractivity contribution in [2.75, 3.05) is 13.1 Å². The molecule has 0 radical (unpaired) electrons. The molecule has 5 nitrogen and oxygen atoms in total. The summed E-state index contributed by atoms with van der Waals surface area (Å²) in [5, 5.41) is 6.32. The second-order valence-electron chi connectivity index (χ2n) is 6.13. The maximum atomic E-state index is 11.5. The molecule has 5 heteroatoms. The molecule has 0 aromatic rings. The highest BCUT2D eigenvalue weighted by atomic mass is 16.5. The Morgan fingerprint density at radius 2 is 1.79 bits per heavy atom. The molecular formula is C14H26N2O3. The molecule has 0 unspecified atom stereocenters. The third-order valence-corrected chi connectivity index (χ3v) is 3.04. The summed E-state index contributed by atoms with van der Waals surface area (Å²) in [6.45, 7) is 7.93. The number of hydrogen-bond acceptors (Lipinski definition) is 4. The van der Waals surface area contributed by atoms with E-state index < -0.39 is 0 Å². The molecule has 1 saturated carbocycles. The van der Waals surface area contributed by atoms with E-state index in [0.717, 1.165) is 25.9 Å². The SMILES string of the molecule is CC(C)(C)OC=O.O=C(NC1CC1)C1CCNCC1. The van der Waals surface area contributed by atoms with Crippen LogP contribution in [0.15, 0.2) is 0 Å². The van der Waals surface area contributed by atoms with E-state index in [9.17, 15) is 9.59 Å². The Bertz CT molecular complexity index is 290. The summed E-state index contributed by atoms with van der Waals surface area (Å²) >= 11 is 0. The molecule has 0 atom stereocenters. The first-order chi connectivity index (χ1) is 8.92. The second kappa shape index (κ2) is 7.48. The Morgan fingerprint density at radius 3 is 2.16 bits per heavy atom. The highest BCUT2D eigenvalue weighted by Gasteiger charge is 2.27. The lowest BCUT2D eigenvalue weighted by atomic mass is 9.97. The normalized spacial score (nSPS) is 19.9. The number of carbonyl (C=O) groups is 2. The van der Waals surface area contributed by atoms with Crippen LogP contribution in [-0.2, 0) is 14.3 Å². The van der Waals surface area contributed by atoms with Crippen molar-refractivity contribution in [3.05, 3.63) is 0 Å². The Kier molecular flexibility index (Phi) is 6.28. The summed E-state index contributed by atoms with van der Waals surface area (Å²) in [6, 6.07) is 0.521. The first kappa shape index (κ1) is 16.0. The maximum Gasteiger partial charge on any atom is 0.293 e. The molecule has 1 heterocycles. The summed E-state index contributed by atoms with van der Waals surface area (Å²) < 4.78 is 4.55. The van der Waals surface area contributed by atoms with Gasteiger partial charge in [-0.25, -0.2) is 0 Å². The van der Waals surface area contributed by atoms with Gasteiger partial charge in [-0.3, -0.25) is 9.59 Å². The van der Waals surface area contributed by atoms with E-state index >= 15 is 0 Å². The maximum absolute atomic E-state index is 11.5. The van der Waals surface area contributed by atoms with Crippen LogP contribution in [-0.4, -0.2) is 37.1 Å². The van der Waals surface area contributed by atoms with Crippen LogP contribution in [0.25, 0.3) is 0 Å². The molecule has 0 aromatic heterocycles. The van der Waals surface area contributed by atoms with E-state index in [2.05, 4.69) is 15.4 Å². The molecule has 0 bridgehead atoms. The van der Waals surface area contributed by atoms with E-state index in [4.69, 9.17) is 0 Å². The zero-order chi connectivity index (χ0) is 14.3. The van der Waals surface area contributed by atoms with Crippen molar-refractivity contribution in [1.29, 1.82) is 0 Å². The van der Waals surface area contributed by atoms with E-state index in [1.54, 1.807) is 0 Å². The van der Waals surface area contributed by atoms with Crippen LogP contribution in [0.3, 0.4) is 0 Å². The van der Waals surface area contributed by atoms with Gasteiger partial charge in [-0.1, -0.05) is 0 Å². The van der Waals surface area contributed by atoms with Gasteiger partial charge in [-0.2, -0.15) is 0 Å². The molecule has 110 valence electrons. The monoisotopic (exact) mass is 270 g/mol. The molecular weight excluding hydrogens is 244 g/mol. The number of ether oxygens (including phenoxy) is 1. The van der Waals surface area contributed by atoms with Crippen molar-refractivity contribution in [3.8, 4) is 0 Å². The van der Waals surface area contributed by atoms with Gasteiger partial charge in [0.2, 0.25) is 5.91 Å². The summed E-state index contributed by atoms with van der Waals surface area (Å²) in [5.74, 6) is 0.575. The van der Waals surface area contributed by atoms with Crippen molar-refractivity contribution in [3.63, 3.8) is 0 Å². The van der Waals surface area contributed by atoms with Crippen molar-refractivity contribution in [2.45, 2.75) is 58.1 Å². The van der Waals surface area contributed by atoms with E-state index in [1.807, 2.05) is 20.8 Å². The average Bonchev–Trinajstić information content (AvgIpc) is 3.13. The van der Waals surface area contributed by atoms with Crippen LogP contribution in [0, 0.1) is 5.92 Å². The van der Waals surface area contributed by atoms with Gasteiger partial charge in [0, 0.05) is 12.0 Å². The van der Waals surface area contributed by atoms with Crippen molar-refractivity contribution < 1.29 is 14.3 Å². The van der Waals surface area contributed by atoms with Crippen LogP contribution < -0.4 is 10.6 Å². The number of carbonyl (C=O) groups excluding carboxylic acids is 2. The highest BCUT2D eigenvalue weighted by molar-refractivity contribution is 5.79. The highest BCUT2D eigenvalue weighted by Crippen LogP contribution is 2.20. The van der Waals surface area contributed by atoms with Crippen LogP contribution in [0.5, 0.6) is 0 Å². The fourth-order valence-electron chi connectivity index (χ4n) is 1.78. The summed E-state index contributed by atoms with van der Waals surface area (Å²) in [5.41, 5.74) is -0.318. The van der Waals surface area contributed by atoms with Crippen LogP contribution >= 0.6 is 0 Å². The van der Waals surface area contributed by atoms with Crippen LogP contribution in [0.2, 0.25) is 0 Å². The van der Waals surface area contributed by atoms with E-state index in [-0.39, 0.29) is 11.5 Å². The molecule has 1 amide bonds. The number of nitrogens with one attached hydrogen (secondary N) is 2. The fraction of sp³-hybridized carbons (Fsp3) is 0.857. The van der Waals surface area contributed by atoms with Crippen molar-refractivity contribution in [2.24, 2.45) is 5.92 Å². The van der Waals surface area contributed by atoms with Gasteiger partial charge < -0.3 is 15.4 Å². The number of rotatable bonds is 3. The number of piperidine rings is 1. The van der Waals surface area contributed by atoms with Gasteiger partial charge >= 0.3 is 0 Å². The first-order valence-corrected chi connectivity index (χ1v) is 7.05. The molecule has 2 aliphatic rings. The van der Waals surface area contributed by atoms with E-state index in [1.165, 1.54) is 12.8 Å². The molecule has 1 aliphatic heterocycles. The molecule has 2 rings (SSSR count). The minimum atomic E-state index is -0.318. The van der Waals surface area contributed by atoms with Gasteiger partial charge in [-0.15, -0.1) is 0 Å². The fourth-order valence-corrected chi connectivity index (χ4v) is 1.78. The van der Waals surface area contributed by atoms with Gasteiger partial charge in [0.05, 0.1) is 0 Å². The lowest BCUT2D eigenvalue weighted by Crippen LogP contribution is -2.38. The smallest absolute Gasteiger partial charge is 0.293 e. The van der Waals surface area contributed by atoms with Crippen molar-refractivity contribution >= 4 is 12.4 Å². The van der Waals surface area contributed by atoms with Gasteiger partial charge in [0.15, 0.2) is 0 Å².